The van der Waals surface area contributed by atoms with E-state index in [0.717, 1.165) is 26.4 Å². The predicted molar refractivity (Wildman–Crippen MR) is 75.4 cm³/mol. The Hall–Kier alpha value is -1.53. The molecule has 0 fully saturated rings. The molecule has 0 aliphatic rings. The summed E-state index contributed by atoms with van der Waals surface area (Å²) in [4.78, 5) is 5.82. The predicted octanol–water partition coefficient (Wildman–Crippen LogP) is 3.67. The van der Waals surface area contributed by atoms with Gasteiger partial charge in [-0.1, -0.05) is 34.1 Å². The van der Waals surface area contributed by atoms with E-state index in [1.165, 1.54) is 4.88 Å². The summed E-state index contributed by atoms with van der Waals surface area (Å²) in [5, 5.41) is 11.4. The summed E-state index contributed by atoms with van der Waals surface area (Å²) >= 11 is 5.18. The van der Waals surface area contributed by atoms with Crippen molar-refractivity contribution in [2.75, 3.05) is 0 Å². The van der Waals surface area contributed by atoms with Crippen LogP contribution in [0.3, 0.4) is 0 Å². The number of benzene rings is 1. The highest BCUT2D eigenvalue weighted by atomic mass is 79.9. The molecule has 90 valence electrons. The van der Waals surface area contributed by atoms with E-state index in [1.54, 1.807) is 17.5 Å². The van der Waals surface area contributed by atoms with E-state index in [2.05, 4.69) is 49.3 Å². The summed E-state index contributed by atoms with van der Waals surface area (Å²) in [6, 6.07) is 8.07. The van der Waals surface area contributed by atoms with Crippen molar-refractivity contribution in [1.82, 2.24) is 20.4 Å². The van der Waals surface area contributed by atoms with E-state index >= 15 is 0 Å². The Morgan fingerprint density at radius 1 is 1.28 bits per heavy atom. The molecular formula is C12H9BrN4S. The Morgan fingerprint density at radius 2 is 2.11 bits per heavy atom. The van der Waals surface area contributed by atoms with Gasteiger partial charge in [0, 0.05) is 14.9 Å². The number of aryl methyl sites for hydroxylation is 1. The van der Waals surface area contributed by atoms with Gasteiger partial charge in [-0.3, -0.25) is 0 Å². The molecular weight excluding hydrogens is 312 g/mol. The summed E-state index contributed by atoms with van der Waals surface area (Å²) in [5.74, 6) is 0. The zero-order valence-electron chi connectivity index (χ0n) is 9.51. The van der Waals surface area contributed by atoms with Gasteiger partial charge in [-0.25, -0.2) is 4.98 Å². The highest BCUT2D eigenvalue weighted by molar-refractivity contribution is 9.10. The van der Waals surface area contributed by atoms with Crippen molar-refractivity contribution < 1.29 is 0 Å². The van der Waals surface area contributed by atoms with E-state index in [1.807, 2.05) is 18.2 Å². The van der Waals surface area contributed by atoms with Crippen molar-refractivity contribution in [2.24, 2.45) is 0 Å². The molecule has 0 aliphatic carbocycles. The Kier molecular flexibility index (Phi) is 2.97. The maximum Gasteiger partial charge on any atom is 0.146 e. The number of aromatic nitrogens is 4. The SMILES string of the molecule is Cc1sc(-c2cn[nH]n2)nc1-c1ccccc1Br. The summed E-state index contributed by atoms with van der Waals surface area (Å²) in [7, 11) is 0. The summed E-state index contributed by atoms with van der Waals surface area (Å²) < 4.78 is 1.05. The molecule has 0 bridgehead atoms. The minimum absolute atomic E-state index is 0.779. The van der Waals surface area contributed by atoms with Crippen LogP contribution in [0.15, 0.2) is 34.9 Å². The molecule has 0 unspecified atom stereocenters. The molecule has 3 aromatic rings. The molecule has 1 N–H and O–H groups in total. The summed E-state index contributed by atoms with van der Waals surface area (Å²) in [6.45, 7) is 2.07. The van der Waals surface area contributed by atoms with Gasteiger partial charge in [0.15, 0.2) is 0 Å². The Labute approximate surface area is 116 Å². The highest BCUT2D eigenvalue weighted by Crippen LogP contribution is 2.35. The molecule has 0 aliphatic heterocycles. The average molecular weight is 321 g/mol. The largest absolute Gasteiger partial charge is 0.234 e. The first-order valence-electron chi connectivity index (χ1n) is 5.34. The topological polar surface area (TPSA) is 54.5 Å². The first kappa shape index (κ1) is 11.6. The number of halogens is 1. The van der Waals surface area contributed by atoms with Gasteiger partial charge < -0.3 is 0 Å². The van der Waals surface area contributed by atoms with Crippen molar-refractivity contribution in [3.63, 3.8) is 0 Å². The number of hydrogen-bond acceptors (Lipinski definition) is 4. The molecule has 2 heterocycles. The lowest BCUT2D eigenvalue weighted by molar-refractivity contribution is 0.942. The second kappa shape index (κ2) is 4.62. The number of nitrogens with zero attached hydrogens (tertiary/aromatic N) is 3. The fourth-order valence-corrected chi connectivity index (χ4v) is 3.07. The van der Waals surface area contributed by atoms with Gasteiger partial charge in [0.05, 0.1) is 11.9 Å². The first-order valence-corrected chi connectivity index (χ1v) is 6.95. The number of aromatic amines is 1. The van der Waals surface area contributed by atoms with E-state index in [4.69, 9.17) is 0 Å². The lowest BCUT2D eigenvalue weighted by Crippen LogP contribution is -1.83. The van der Waals surface area contributed by atoms with Crippen LogP contribution in [0.2, 0.25) is 0 Å². The van der Waals surface area contributed by atoms with E-state index in [0.29, 0.717) is 0 Å². The Morgan fingerprint density at radius 3 is 2.83 bits per heavy atom. The maximum absolute atomic E-state index is 4.65. The van der Waals surface area contributed by atoms with Crippen LogP contribution < -0.4 is 0 Å². The number of thiazole rings is 1. The highest BCUT2D eigenvalue weighted by Gasteiger charge is 2.14. The van der Waals surface area contributed by atoms with Crippen molar-refractivity contribution in [2.45, 2.75) is 6.92 Å². The fourth-order valence-electron chi connectivity index (χ4n) is 1.71. The molecule has 6 heteroatoms. The molecule has 2 aromatic heterocycles. The molecule has 0 amide bonds. The number of nitrogens with one attached hydrogen (secondary N) is 1. The number of rotatable bonds is 2. The van der Waals surface area contributed by atoms with E-state index in [9.17, 15) is 0 Å². The van der Waals surface area contributed by atoms with Gasteiger partial charge in [0.25, 0.3) is 0 Å². The Balaban J connectivity index is 2.12. The lowest BCUT2D eigenvalue weighted by Gasteiger charge is -2.01. The van der Waals surface area contributed by atoms with Gasteiger partial charge in [-0.15, -0.1) is 11.3 Å². The van der Waals surface area contributed by atoms with Crippen LogP contribution in [-0.4, -0.2) is 20.4 Å². The maximum atomic E-state index is 4.65. The van der Waals surface area contributed by atoms with Crippen LogP contribution in [0.25, 0.3) is 22.0 Å². The third-order valence-electron chi connectivity index (χ3n) is 2.56. The normalized spacial score (nSPS) is 10.8. The molecule has 0 spiro atoms. The van der Waals surface area contributed by atoms with Crippen LogP contribution >= 0.6 is 27.3 Å². The van der Waals surface area contributed by atoms with Crippen molar-refractivity contribution in [3.8, 4) is 22.0 Å². The molecule has 0 radical (unpaired) electrons. The van der Waals surface area contributed by atoms with Gasteiger partial charge in [0.2, 0.25) is 0 Å². The second-order valence-corrected chi connectivity index (χ2v) is 5.82. The van der Waals surface area contributed by atoms with Crippen molar-refractivity contribution in [1.29, 1.82) is 0 Å². The van der Waals surface area contributed by atoms with E-state index in [-0.39, 0.29) is 0 Å². The van der Waals surface area contributed by atoms with Crippen LogP contribution in [0.1, 0.15) is 4.88 Å². The zero-order valence-corrected chi connectivity index (χ0v) is 11.9. The molecule has 18 heavy (non-hydrogen) atoms. The average Bonchev–Trinajstić information content (AvgIpc) is 2.99. The van der Waals surface area contributed by atoms with Crippen LogP contribution in [-0.2, 0) is 0 Å². The van der Waals surface area contributed by atoms with Gasteiger partial charge >= 0.3 is 0 Å². The van der Waals surface area contributed by atoms with Gasteiger partial charge in [-0.05, 0) is 13.0 Å². The molecule has 0 saturated heterocycles. The quantitative estimate of drug-likeness (QED) is 0.783. The van der Waals surface area contributed by atoms with E-state index < -0.39 is 0 Å². The standard InChI is InChI=1S/C12H9BrN4S/c1-7-11(8-4-2-3-5-9(8)13)15-12(18-7)10-6-14-17-16-10/h2-6H,1H3,(H,14,16,17). The third-order valence-corrected chi connectivity index (χ3v) is 4.24. The smallest absolute Gasteiger partial charge is 0.146 e. The second-order valence-electron chi connectivity index (χ2n) is 3.76. The molecule has 3 rings (SSSR count). The Bertz CT molecular complexity index is 675. The van der Waals surface area contributed by atoms with Crippen molar-refractivity contribution >= 4 is 27.3 Å². The monoisotopic (exact) mass is 320 g/mol. The first-order chi connectivity index (χ1) is 8.75. The van der Waals surface area contributed by atoms with Gasteiger partial charge in [0.1, 0.15) is 10.7 Å². The number of hydrogen-bond donors (Lipinski definition) is 1. The minimum Gasteiger partial charge on any atom is -0.234 e. The van der Waals surface area contributed by atoms with Crippen LogP contribution in [0.5, 0.6) is 0 Å². The zero-order chi connectivity index (χ0) is 12.5. The number of H-pyrrole nitrogens is 1. The molecule has 0 atom stereocenters. The van der Waals surface area contributed by atoms with Crippen LogP contribution in [0.4, 0.5) is 0 Å². The molecule has 0 saturated carbocycles. The van der Waals surface area contributed by atoms with Crippen LogP contribution in [0, 0.1) is 6.92 Å². The summed E-state index contributed by atoms with van der Waals surface area (Å²) in [5.41, 5.74) is 2.87. The lowest BCUT2D eigenvalue weighted by atomic mass is 10.1. The molecule has 4 nitrogen and oxygen atoms in total. The van der Waals surface area contributed by atoms with Gasteiger partial charge in [-0.2, -0.15) is 15.4 Å². The molecule has 1 aromatic carbocycles. The van der Waals surface area contributed by atoms with Crippen molar-refractivity contribution in [3.05, 3.63) is 39.8 Å². The minimum atomic E-state index is 0.779. The third kappa shape index (κ3) is 1.97. The fraction of sp³-hybridized carbons (Fsp3) is 0.0833. The summed E-state index contributed by atoms with van der Waals surface area (Å²) in [6.07, 6.45) is 1.68.